The van der Waals surface area contributed by atoms with Gasteiger partial charge in [0.1, 0.15) is 23.9 Å². The lowest BCUT2D eigenvalue weighted by molar-refractivity contribution is -0.118. The van der Waals surface area contributed by atoms with E-state index in [2.05, 4.69) is 0 Å². The molecule has 0 aliphatic carbocycles. The summed E-state index contributed by atoms with van der Waals surface area (Å²) in [5.41, 5.74) is 8.13. The van der Waals surface area contributed by atoms with Crippen LogP contribution in [0, 0.1) is 0 Å². The third-order valence-corrected chi connectivity index (χ3v) is 3.46. The summed E-state index contributed by atoms with van der Waals surface area (Å²) in [5, 5.41) is 0. The van der Waals surface area contributed by atoms with E-state index < -0.39 is 0 Å². The van der Waals surface area contributed by atoms with Crippen LogP contribution in [0.25, 0.3) is 0 Å². The highest BCUT2D eigenvalue weighted by atomic mass is 16.5. The van der Waals surface area contributed by atoms with Crippen molar-refractivity contribution in [1.82, 2.24) is 0 Å². The van der Waals surface area contributed by atoms with Crippen molar-refractivity contribution >= 4 is 5.78 Å². The molecule has 1 unspecified atom stereocenters. The highest BCUT2D eigenvalue weighted by Crippen LogP contribution is 2.32. The van der Waals surface area contributed by atoms with E-state index in [9.17, 15) is 4.79 Å². The highest BCUT2D eigenvalue weighted by molar-refractivity contribution is 5.77. The van der Waals surface area contributed by atoms with E-state index in [0.717, 1.165) is 11.1 Å². The summed E-state index contributed by atoms with van der Waals surface area (Å²) in [6, 6.07) is 12.6. The van der Waals surface area contributed by atoms with Gasteiger partial charge in [-0.3, -0.25) is 4.79 Å². The lowest BCUT2D eigenvalue weighted by Crippen LogP contribution is -2.13. The number of nitrogens with two attached hydrogens (primary N) is 1. The Kier molecular flexibility index (Phi) is 8.50. The second-order valence-electron chi connectivity index (χ2n) is 5.15. The van der Waals surface area contributed by atoms with Crippen molar-refractivity contribution in [3.8, 4) is 17.2 Å². The third-order valence-electron chi connectivity index (χ3n) is 3.46. The summed E-state index contributed by atoms with van der Waals surface area (Å²) in [4.78, 5) is 10.9. The summed E-state index contributed by atoms with van der Waals surface area (Å²) in [5.74, 6) is 2.01. The fraction of sp³-hybridized carbons (Fsp3) is 0.350. The van der Waals surface area contributed by atoms with Gasteiger partial charge in [-0.05, 0) is 36.8 Å². The number of ketones is 1. The zero-order valence-corrected chi connectivity index (χ0v) is 15.5. The molecular weight excluding hydrogens is 318 g/mol. The molecule has 0 aliphatic rings. The Morgan fingerprint density at radius 2 is 1.60 bits per heavy atom. The molecular formula is C20H27NO4. The number of rotatable bonds is 7. The van der Waals surface area contributed by atoms with Gasteiger partial charge in [-0.25, -0.2) is 0 Å². The standard InChI is InChI=1S/C18H21NO4.C2H6/c1-12(20)11-23-14-6-4-13(5-7-14)18(19)16-9-8-15(21-2)10-17(16)22-3;1-2/h4-10,18H,11,19H2,1-3H3;1-2H3. The maximum Gasteiger partial charge on any atom is 0.167 e. The van der Waals surface area contributed by atoms with Crippen molar-refractivity contribution in [2.75, 3.05) is 20.8 Å². The SMILES string of the molecule is CC.COc1ccc(C(N)c2ccc(OCC(C)=O)cc2)c(OC)c1. The van der Waals surface area contributed by atoms with Gasteiger partial charge in [-0.2, -0.15) is 0 Å². The molecule has 0 radical (unpaired) electrons. The number of methoxy groups -OCH3 is 2. The molecule has 0 fully saturated rings. The minimum absolute atomic E-state index is 0.0197. The normalized spacial score (nSPS) is 11.0. The van der Waals surface area contributed by atoms with Crippen LogP contribution >= 0.6 is 0 Å². The van der Waals surface area contributed by atoms with Crippen LogP contribution in [-0.4, -0.2) is 26.6 Å². The second kappa shape index (κ2) is 10.4. The van der Waals surface area contributed by atoms with E-state index >= 15 is 0 Å². The summed E-state index contributed by atoms with van der Waals surface area (Å²) < 4.78 is 15.9. The Morgan fingerprint density at radius 3 is 2.12 bits per heavy atom. The first-order chi connectivity index (χ1) is 12.0. The molecule has 0 amide bonds. The molecule has 2 rings (SSSR count). The number of ether oxygens (including phenoxy) is 3. The van der Waals surface area contributed by atoms with E-state index in [1.807, 2.05) is 38.1 Å². The number of Topliss-reactive ketones (excluding diaryl/α,β-unsaturated/α-hetero) is 1. The van der Waals surface area contributed by atoms with Gasteiger partial charge in [0, 0.05) is 11.6 Å². The monoisotopic (exact) mass is 345 g/mol. The number of carbonyl (C=O) groups is 1. The van der Waals surface area contributed by atoms with Crippen LogP contribution in [0.2, 0.25) is 0 Å². The van der Waals surface area contributed by atoms with E-state index in [4.69, 9.17) is 19.9 Å². The molecule has 136 valence electrons. The number of benzene rings is 2. The predicted molar refractivity (Wildman–Crippen MR) is 99.5 cm³/mol. The zero-order chi connectivity index (χ0) is 18.8. The first-order valence-electron chi connectivity index (χ1n) is 8.25. The Balaban J connectivity index is 0.00000151. The van der Waals surface area contributed by atoms with E-state index in [-0.39, 0.29) is 18.4 Å². The summed E-state index contributed by atoms with van der Waals surface area (Å²) in [6.07, 6.45) is 0. The maximum atomic E-state index is 10.9. The van der Waals surface area contributed by atoms with Gasteiger partial charge in [0.15, 0.2) is 5.78 Å². The zero-order valence-electron chi connectivity index (χ0n) is 15.5. The van der Waals surface area contributed by atoms with Crippen LogP contribution in [0.5, 0.6) is 17.2 Å². The first-order valence-corrected chi connectivity index (χ1v) is 8.25. The van der Waals surface area contributed by atoms with Crippen molar-refractivity contribution in [2.45, 2.75) is 26.8 Å². The van der Waals surface area contributed by atoms with Gasteiger partial charge in [0.2, 0.25) is 0 Å². The quantitative estimate of drug-likeness (QED) is 0.827. The van der Waals surface area contributed by atoms with Gasteiger partial charge in [0.05, 0.1) is 20.3 Å². The van der Waals surface area contributed by atoms with Gasteiger partial charge in [0.25, 0.3) is 0 Å². The van der Waals surface area contributed by atoms with E-state index in [1.165, 1.54) is 6.92 Å². The molecule has 0 heterocycles. The van der Waals surface area contributed by atoms with Crippen molar-refractivity contribution < 1.29 is 19.0 Å². The van der Waals surface area contributed by atoms with Crippen LogP contribution in [0.1, 0.15) is 37.9 Å². The molecule has 25 heavy (non-hydrogen) atoms. The average Bonchev–Trinajstić information content (AvgIpc) is 2.67. The Hall–Kier alpha value is -2.53. The average molecular weight is 345 g/mol. The molecule has 0 bridgehead atoms. The van der Waals surface area contributed by atoms with Crippen LogP contribution in [0.3, 0.4) is 0 Å². The van der Waals surface area contributed by atoms with E-state index in [0.29, 0.717) is 17.2 Å². The third kappa shape index (κ3) is 5.80. The molecule has 0 saturated heterocycles. The van der Waals surface area contributed by atoms with Crippen LogP contribution < -0.4 is 19.9 Å². The molecule has 0 spiro atoms. The number of hydrogen-bond acceptors (Lipinski definition) is 5. The molecule has 0 aromatic heterocycles. The minimum Gasteiger partial charge on any atom is -0.497 e. The van der Waals surface area contributed by atoms with Gasteiger partial charge < -0.3 is 19.9 Å². The molecule has 5 nitrogen and oxygen atoms in total. The highest BCUT2D eigenvalue weighted by Gasteiger charge is 2.15. The smallest absolute Gasteiger partial charge is 0.167 e. The minimum atomic E-state index is -0.335. The van der Waals surface area contributed by atoms with Crippen LogP contribution in [0.4, 0.5) is 0 Å². The van der Waals surface area contributed by atoms with Gasteiger partial charge >= 0.3 is 0 Å². The summed E-state index contributed by atoms with van der Waals surface area (Å²) in [6.45, 7) is 5.55. The molecule has 2 N–H and O–H groups in total. The molecule has 2 aromatic rings. The molecule has 0 saturated carbocycles. The van der Waals surface area contributed by atoms with Gasteiger partial charge in [-0.1, -0.05) is 26.0 Å². The fourth-order valence-electron chi connectivity index (χ4n) is 2.21. The number of carbonyl (C=O) groups excluding carboxylic acids is 1. The topological polar surface area (TPSA) is 70.8 Å². The van der Waals surface area contributed by atoms with Crippen LogP contribution in [0.15, 0.2) is 42.5 Å². The maximum absolute atomic E-state index is 10.9. The molecule has 5 heteroatoms. The Labute approximate surface area is 149 Å². The predicted octanol–water partition coefficient (Wildman–Crippen LogP) is 3.75. The van der Waals surface area contributed by atoms with Crippen molar-refractivity contribution in [1.29, 1.82) is 0 Å². The number of hydrogen-bond donors (Lipinski definition) is 1. The van der Waals surface area contributed by atoms with Crippen LogP contribution in [-0.2, 0) is 4.79 Å². The second-order valence-corrected chi connectivity index (χ2v) is 5.15. The Bertz CT molecular complexity index is 668. The molecule has 1 atom stereocenters. The lowest BCUT2D eigenvalue weighted by atomic mass is 9.98. The van der Waals surface area contributed by atoms with Crippen molar-refractivity contribution in [3.63, 3.8) is 0 Å². The fourth-order valence-corrected chi connectivity index (χ4v) is 2.21. The molecule has 0 aliphatic heterocycles. The first kappa shape index (κ1) is 20.5. The van der Waals surface area contributed by atoms with Crippen molar-refractivity contribution in [3.05, 3.63) is 53.6 Å². The van der Waals surface area contributed by atoms with Gasteiger partial charge in [-0.15, -0.1) is 0 Å². The largest absolute Gasteiger partial charge is 0.497 e. The van der Waals surface area contributed by atoms with E-state index in [1.54, 1.807) is 32.4 Å². The molecule has 2 aromatic carbocycles. The Morgan fingerprint density at radius 1 is 1.00 bits per heavy atom. The summed E-state index contributed by atoms with van der Waals surface area (Å²) in [7, 11) is 3.21. The lowest BCUT2D eigenvalue weighted by Gasteiger charge is -2.17. The van der Waals surface area contributed by atoms with Crippen molar-refractivity contribution in [2.24, 2.45) is 5.73 Å². The summed E-state index contributed by atoms with van der Waals surface area (Å²) >= 11 is 0.